The molecule has 10 nitrogen and oxygen atoms in total. The average molecular weight is 701 g/mol. The molecule has 2 aliphatic heterocycles. The summed E-state index contributed by atoms with van der Waals surface area (Å²) < 4.78 is 18.4. The highest BCUT2D eigenvalue weighted by Crippen LogP contribution is 2.37. The van der Waals surface area contributed by atoms with E-state index in [9.17, 15) is 15.2 Å². The van der Waals surface area contributed by atoms with Crippen molar-refractivity contribution in [2.75, 3.05) is 62.7 Å². The van der Waals surface area contributed by atoms with E-state index in [1.165, 1.54) is 17.4 Å². The Morgan fingerprint density at radius 1 is 1.21 bits per heavy atom. The molecule has 0 atom stereocenters. The minimum absolute atomic E-state index is 0.0199. The van der Waals surface area contributed by atoms with E-state index in [4.69, 9.17) is 9.97 Å². The van der Waals surface area contributed by atoms with E-state index in [0.717, 1.165) is 20.6 Å². The number of amides is 1. The predicted octanol–water partition coefficient (Wildman–Crippen LogP) is 3.73. The number of anilines is 3. The molecule has 2 aliphatic rings. The van der Waals surface area contributed by atoms with Gasteiger partial charge in [0.1, 0.15) is 28.1 Å². The van der Waals surface area contributed by atoms with E-state index in [1.807, 2.05) is 52.4 Å². The molecule has 42 heavy (non-hydrogen) atoms. The van der Waals surface area contributed by atoms with Crippen molar-refractivity contribution in [2.24, 2.45) is 0 Å². The van der Waals surface area contributed by atoms with Gasteiger partial charge in [0.2, 0.25) is 5.91 Å². The first-order chi connectivity index (χ1) is 20.2. The number of aryl methyl sites for hydroxylation is 1. The molecule has 1 N–H and O–H groups in total. The zero-order valence-electron chi connectivity index (χ0n) is 23.3. The van der Waals surface area contributed by atoms with Crippen LogP contribution in [-0.4, -0.2) is 94.1 Å². The molecule has 4 aromatic rings. The fraction of sp³-hybridized carbons (Fsp3) is 0.379. The lowest BCUT2D eigenvalue weighted by Crippen LogP contribution is -2.57. The van der Waals surface area contributed by atoms with Crippen molar-refractivity contribution in [2.45, 2.75) is 19.4 Å². The van der Waals surface area contributed by atoms with Crippen molar-refractivity contribution in [1.82, 2.24) is 24.2 Å². The van der Waals surface area contributed by atoms with Gasteiger partial charge in [0.15, 0.2) is 10.9 Å². The highest BCUT2D eigenvalue weighted by molar-refractivity contribution is 14.1. The fourth-order valence-electron chi connectivity index (χ4n) is 5.43. The van der Waals surface area contributed by atoms with Crippen molar-refractivity contribution >= 4 is 62.1 Å². The number of thiazole rings is 1. The van der Waals surface area contributed by atoms with E-state index in [-0.39, 0.29) is 11.7 Å². The summed E-state index contributed by atoms with van der Waals surface area (Å²) >= 11 is 3.57. The van der Waals surface area contributed by atoms with Crippen LogP contribution in [0, 0.1) is 20.7 Å². The number of pyridine rings is 1. The summed E-state index contributed by atoms with van der Waals surface area (Å²) in [4.78, 5) is 30.2. The van der Waals surface area contributed by atoms with Crippen LogP contribution in [0.5, 0.6) is 0 Å². The molecule has 2 fully saturated rings. The summed E-state index contributed by atoms with van der Waals surface area (Å²) in [5.41, 5.74) is 3.31. The van der Waals surface area contributed by atoms with Crippen LogP contribution in [0.1, 0.15) is 17.5 Å². The van der Waals surface area contributed by atoms with Crippen molar-refractivity contribution in [3.8, 4) is 17.3 Å². The lowest BCUT2D eigenvalue weighted by atomic mass is 10.1. The van der Waals surface area contributed by atoms with Gasteiger partial charge < -0.3 is 19.8 Å². The zero-order chi connectivity index (χ0) is 29.5. The number of carbonyl (C=O) groups excluding carboxylic acids is 1. The zero-order valence-corrected chi connectivity index (χ0v) is 26.3. The summed E-state index contributed by atoms with van der Waals surface area (Å²) in [6.07, 6.45) is 2.02. The maximum atomic E-state index is 15.4. The van der Waals surface area contributed by atoms with E-state index in [1.54, 1.807) is 11.1 Å². The van der Waals surface area contributed by atoms with E-state index < -0.39 is 6.10 Å². The number of aliphatic hydroxyl groups is 1. The highest BCUT2D eigenvalue weighted by atomic mass is 127. The lowest BCUT2D eigenvalue weighted by Gasteiger charge is -2.39. The Balaban J connectivity index is 1.26. The van der Waals surface area contributed by atoms with Gasteiger partial charge in [-0.1, -0.05) is 30.4 Å². The van der Waals surface area contributed by atoms with Gasteiger partial charge in [0.25, 0.3) is 0 Å². The summed E-state index contributed by atoms with van der Waals surface area (Å²) in [6.45, 7) is 5.54. The van der Waals surface area contributed by atoms with Gasteiger partial charge in [-0.2, -0.15) is 5.26 Å². The molecule has 0 unspecified atom stereocenters. The number of piperazine rings is 1. The van der Waals surface area contributed by atoms with Gasteiger partial charge in [-0.25, -0.2) is 14.4 Å². The normalized spacial score (nSPS) is 16.1. The number of aromatic nitrogens is 3. The van der Waals surface area contributed by atoms with Gasteiger partial charge >= 0.3 is 0 Å². The predicted molar refractivity (Wildman–Crippen MR) is 169 cm³/mol. The molecule has 0 saturated carbocycles. The van der Waals surface area contributed by atoms with Crippen LogP contribution in [0.2, 0.25) is 0 Å². The molecule has 1 aromatic carbocycles. The fourth-order valence-corrected chi connectivity index (χ4v) is 6.64. The Labute approximate surface area is 260 Å². The number of hydrogen-bond acceptors (Lipinski definition) is 9. The van der Waals surface area contributed by atoms with Crippen molar-refractivity contribution in [1.29, 1.82) is 5.26 Å². The van der Waals surface area contributed by atoms with Crippen molar-refractivity contribution in [3.05, 3.63) is 56.5 Å². The molecule has 3 aromatic heterocycles. The van der Waals surface area contributed by atoms with Crippen LogP contribution in [0.4, 0.5) is 21.0 Å². The monoisotopic (exact) mass is 700 g/mol. The quantitative estimate of drug-likeness (QED) is 0.291. The Bertz CT molecular complexity index is 1670. The number of hydrogen-bond donors (Lipinski definition) is 1. The maximum absolute atomic E-state index is 15.4. The molecule has 0 radical (unpaired) electrons. The number of halogens is 2. The van der Waals surface area contributed by atoms with Gasteiger partial charge in [-0.05, 0) is 41.1 Å². The summed E-state index contributed by atoms with van der Waals surface area (Å²) in [5, 5.41) is 20.0. The second kappa shape index (κ2) is 11.8. The minimum Gasteiger partial charge on any atom is -0.389 e. The molecule has 13 heteroatoms. The third kappa shape index (κ3) is 5.44. The first-order valence-corrected chi connectivity index (χ1v) is 15.7. The number of likely N-dealkylation sites (tertiary alicyclic amines) is 1. The minimum atomic E-state index is -0.414. The molecule has 218 valence electrons. The van der Waals surface area contributed by atoms with Gasteiger partial charge in [-0.15, -0.1) is 0 Å². The van der Waals surface area contributed by atoms with Crippen LogP contribution in [0.25, 0.3) is 16.9 Å². The number of nitriles is 1. The SMILES string of the molecule is CCc1nc2cc(F)c(N3CCN(CC(=O)N4CC(O)C4)CC3)cn2c1N(C)c1nc(-c2ccc(I)cc2)c(C#N)s1. The first kappa shape index (κ1) is 28.8. The van der Waals surface area contributed by atoms with Crippen LogP contribution in [0.15, 0.2) is 36.5 Å². The number of imidazole rings is 1. The lowest BCUT2D eigenvalue weighted by molar-refractivity contribution is -0.142. The molecule has 0 aliphatic carbocycles. The Hall–Kier alpha value is -3.32. The average Bonchev–Trinajstić information content (AvgIpc) is 3.57. The molecule has 2 saturated heterocycles. The third-order valence-corrected chi connectivity index (χ3v) is 9.55. The Kier molecular flexibility index (Phi) is 8.05. The highest BCUT2D eigenvalue weighted by Gasteiger charge is 2.31. The topological polar surface area (TPSA) is 104 Å². The number of aliphatic hydroxyl groups excluding tert-OH is 1. The number of fused-ring (bicyclic) bond motifs is 1. The van der Waals surface area contributed by atoms with Crippen LogP contribution in [-0.2, 0) is 11.2 Å². The number of benzene rings is 1. The standard InChI is InChI=1S/C29H30FIN8O2S/c1-3-22-28(35(2)29-34-27(24(13-32)42-29)18-4-6-19(31)7-5-18)39-16-23(21(30)12-25(39)33-22)37-10-8-36(9-11-37)17-26(41)38-14-20(40)15-38/h4-7,12,16,20,40H,3,8-11,14-15,17H2,1-2H3. The molecule has 5 heterocycles. The molecular formula is C29H30FIN8O2S. The first-order valence-electron chi connectivity index (χ1n) is 13.8. The summed E-state index contributed by atoms with van der Waals surface area (Å²) in [7, 11) is 1.90. The van der Waals surface area contributed by atoms with Gasteiger partial charge in [0, 0.05) is 67.7 Å². The number of β-amino-alcohol motifs (C(OH)–C–C–N with tert-alkyl or cyclic N) is 1. The van der Waals surface area contributed by atoms with Crippen LogP contribution < -0.4 is 9.80 Å². The largest absolute Gasteiger partial charge is 0.389 e. The molecular weight excluding hydrogens is 670 g/mol. The maximum Gasteiger partial charge on any atom is 0.236 e. The van der Waals surface area contributed by atoms with Gasteiger partial charge in [0.05, 0.1) is 24.0 Å². The van der Waals surface area contributed by atoms with E-state index >= 15 is 4.39 Å². The molecule has 0 bridgehead atoms. The Morgan fingerprint density at radius 3 is 2.57 bits per heavy atom. The van der Waals surface area contributed by atoms with Crippen molar-refractivity contribution in [3.63, 3.8) is 0 Å². The van der Waals surface area contributed by atoms with Gasteiger partial charge in [-0.3, -0.25) is 14.1 Å². The number of nitrogens with zero attached hydrogens (tertiary/aromatic N) is 8. The van der Waals surface area contributed by atoms with Crippen LogP contribution >= 0.6 is 33.9 Å². The summed E-state index contributed by atoms with van der Waals surface area (Å²) in [6, 6.07) is 11.7. The Morgan fingerprint density at radius 2 is 1.93 bits per heavy atom. The smallest absolute Gasteiger partial charge is 0.236 e. The summed E-state index contributed by atoms with van der Waals surface area (Å²) in [5.74, 6) is 0.457. The second-order valence-electron chi connectivity index (χ2n) is 10.5. The number of carbonyl (C=O) groups is 1. The van der Waals surface area contributed by atoms with E-state index in [2.05, 4.69) is 33.6 Å². The molecule has 0 spiro atoms. The number of rotatable bonds is 7. The molecule has 6 rings (SSSR count). The van der Waals surface area contributed by atoms with Crippen LogP contribution in [0.3, 0.4) is 0 Å². The molecule has 1 amide bonds. The third-order valence-electron chi connectivity index (χ3n) is 7.80. The second-order valence-corrected chi connectivity index (χ2v) is 12.8. The van der Waals surface area contributed by atoms with E-state index in [0.29, 0.717) is 79.3 Å². The van der Waals surface area contributed by atoms with Crippen molar-refractivity contribution < 1.29 is 14.3 Å².